The lowest BCUT2D eigenvalue weighted by molar-refractivity contribution is 0.502. The Balaban J connectivity index is 1.85. The van der Waals surface area contributed by atoms with Crippen LogP contribution in [0.1, 0.15) is 39.0 Å². The van der Waals surface area contributed by atoms with Crippen LogP contribution in [-0.4, -0.2) is 11.0 Å². The van der Waals surface area contributed by atoms with E-state index in [0.717, 1.165) is 22.5 Å². The average molecular weight is 269 g/mol. The lowest BCUT2D eigenvalue weighted by Gasteiger charge is -2.19. The van der Waals surface area contributed by atoms with E-state index >= 15 is 0 Å². The molecule has 1 aromatic heterocycles. The number of hydrogen-bond acceptors (Lipinski definition) is 3. The lowest BCUT2D eigenvalue weighted by Crippen LogP contribution is -2.18. The fraction of sp³-hybridized carbons (Fsp3) is 0.471. The summed E-state index contributed by atoms with van der Waals surface area (Å²) in [4.78, 5) is 4.40. The summed E-state index contributed by atoms with van der Waals surface area (Å²) < 4.78 is 0. The number of nitrogen functional groups attached to an aromatic ring is 1. The van der Waals surface area contributed by atoms with Crippen LogP contribution >= 0.6 is 0 Å². The number of benzene rings is 1. The number of rotatable bonds is 2. The zero-order valence-electron chi connectivity index (χ0n) is 12.1. The molecule has 0 radical (unpaired) electrons. The van der Waals surface area contributed by atoms with Crippen LogP contribution < -0.4 is 11.1 Å². The summed E-state index contributed by atoms with van der Waals surface area (Å²) in [5.41, 5.74) is 8.83. The topological polar surface area (TPSA) is 50.9 Å². The summed E-state index contributed by atoms with van der Waals surface area (Å²) in [7, 11) is 0. The van der Waals surface area contributed by atoms with Crippen molar-refractivity contribution in [2.45, 2.75) is 45.1 Å². The Morgan fingerprint density at radius 1 is 1.15 bits per heavy atom. The highest BCUT2D eigenvalue weighted by Gasteiger charge is 2.16. The highest BCUT2D eigenvalue weighted by Crippen LogP contribution is 2.29. The van der Waals surface area contributed by atoms with Crippen LogP contribution in [0.25, 0.3) is 10.9 Å². The second kappa shape index (κ2) is 5.70. The van der Waals surface area contributed by atoms with E-state index in [1.54, 1.807) is 0 Å². The first-order valence-corrected chi connectivity index (χ1v) is 7.64. The van der Waals surface area contributed by atoms with Crippen molar-refractivity contribution in [3.8, 4) is 0 Å². The van der Waals surface area contributed by atoms with Crippen molar-refractivity contribution in [3.05, 3.63) is 30.5 Å². The van der Waals surface area contributed by atoms with E-state index in [1.807, 2.05) is 18.3 Å². The van der Waals surface area contributed by atoms with Gasteiger partial charge < -0.3 is 11.1 Å². The Bertz CT molecular complexity index is 594. The highest BCUT2D eigenvalue weighted by atomic mass is 14.9. The Hall–Kier alpha value is -1.77. The Kier molecular flexibility index (Phi) is 3.77. The molecule has 1 aliphatic carbocycles. The first-order valence-electron chi connectivity index (χ1n) is 7.64. The summed E-state index contributed by atoms with van der Waals surface area (Å²) in [5.74, 6) is 0.867. The Morgan fingerprint density at radius 2 is 2.05 bits per heavy atom. The molecule has 3 nitrogen and oxygen atoms in total. The third-order valence-electron chi connectivity index (χ3n) is 4.42. The first kappa shape index (κ1) is 13.2. The lowest BCUT2D eigenvalue weighted by atomic mass is 10.0. The van der Waals surface area contributed by atoms with Gasteiger partial charge in [0.25, 0.3) is 0 Å². The summed E-state index contributed by atoms with van der Waals surface area (Å²) in [5, 5.41) is 4.85. The quantitative estimate of drug-likeness (QED) is 0.634. The number of hydrogen-bond donors (Lipinski definition) is 2. The minimum absolute atomic E-state index is 0.576. The van der Waals surface area contributed by atoms with Crippen molar-refractivity contribution in [1.82, 2.24) is 4.98 Å². The van der Waals surface area contributed by atoms with Gasteiger partial charge in [-0.15, -0.1) is 0 Å². The highest BCUT2D eigenvalue weighted by molar-refractivity contribution is 5.97. The van der Waals surface area contributed by atoms with Crippen molar-refractivity contribution < 1.29 is 0 Å². The normalized spacial score (nSPS) is 23.4. The number of pyridine rings is 1. The molecule has 106 valence electrons. The van der Waals surface area contributed by atoms with Gasteiger partial charge in [0.15, 0.2) is 0 Å². The molecule has 1 aliphatic rings. The molecule has 0 spiro atoms. The number of aromatic nitrogens is 1. The molecule has 1 aromatic carbocycles. The maximum atomic E-state index is 6.01. The van der Waals surface area contributed by atoms with Gasteiger partial charge in [-0.3, -0.25) is 4.98 Å². The third-order valence-corrected chi connectivity index (χ3v) is 4.42. The maximum Gasteiger partial charge on any atom is 0.0951 e. The van der Waals surface area contributed by atoms with Gasteiger partial charge in [-0.2, -0.15) is 0 Å². The van der Waals surface area contributed by atoms with E-state index in [1.165, 1.54) is 37.8 Å². The van der Waals surface area contributed by atoms with E-state index in [0.29, 0.717) is 6.04 Å². The summed E-state index contributed by atoms with van der Waals surface area (Å²) in [6.45, 7) is 2.37. The number of nitrogens with one attached hydrogen (secondary N) is 1. The number of nitrogens with zero attached hydrogens (tertiary/aromatic N) is 1. The largest absolute Gasteiger partial charge is 0.397 e. The number of fused-ring (bicyclic) bond motifs is 1. The molecule has 20 heavy (non-hydrogen) atoms. The van der Waals surface area contributed by atoms with Gasteiger partial charge in [0, 0.05) is 23.3 Å². The predicted octanol–water partition coefficient (Wildman–Crippen LogP) is 4.20. The molecular formula is C17H23N3. The molecule has 3 N–H and O–H groups in total. The van der Waals surface area contributed by atoms with Crippen LogP contribution in [-0.2, 0) is 0 Å². The fourth-order valence-electron chi connectivity index (χ4n) is 3.18. The summed E-state index contributed by atoms with van der Waals surface area (Å²) >= 11 is 0. The Morgan fingerprint density at radius 3 is 2.95 bits per heavy atom. The van der Waals surface area contributed by atoms with E-state index in [4.69, 9.17) is 5.73 Å². The molecular weight excluding hydrogens is 246 g/mol. The zero-order chi connectivity index (χ0) is 13.9. The second-order valence-corrected chi connectivity index (χ2v) is 6.06. The van der Waals surface area contributed by atoms with Crippen LogP contribution in [0.5, 0.6) is 0 Å². The van der Waals surface area contributed by atoms with Crippen LogP contribution in [0.15, 0.2) is 30.5 Å². The minimum atomic E-state index is 0.576. The average Bonchev–Trinajstić information content (AvgIpc) is 2.65. The molecule has 0 bridgehead atoms. The SMILES string of the molecule is CC1CCCC(Nc2ccnc3c(N)cccc23)CC1. The number of nitrogens with two attached hydrogens (primary N) is 1. The van der Waals surface area contributed by atoms with Crippen molar-refractivity contribution in [2.24, 2.45) is 5.92 Å². The van der Waals surface area contributed by atoms with Crippen molar-refractivity contribution in [3.63, 3.8) is 0 Å². The molecule has 0 saturated heterocycles. The maximum absolute atomic E-state index is 6.01. The van der Waals surface area contributed by atoms with Crippen molar-refractivity contribution in [2.75, 3.05) is 11.1 Å². The van der Waals surface area contributed by atoms with Gasteiger partial charge in [0.2, 0.25) is 0 Å². The van der Waals surface area contributed by atoms with E-state index in [2.05, 4.69) is 29.4 Å². The van der Waals surface area contributed by atoms with Crippen molar-refractivity contribution >= 4 is 22.3 Å². The molecule has 1 heterocycles. The van der Waals surface area contributed by atoms with Gasteiger partial charge in [-0.1, -0.05) is 31.9 Å². The van der Waals surface area contributed by atoms with Crippen LogP contribution in [0.4, 0.5) is 11.4 Å². The van der Waals surface area contributed by atoms with E-state index in [-0.39, 0.29) is 0 Å². The molecule has 1 fully saturated rings. The second-order valence-electron chi connectivity index (χ2n) is 6.06. The zero-order valence-corrected chi connectivity index (χ0v) is 12.1. The van der Waals surface area contributed by atoms with Gasteiger partial charge >= 0.3 is 0 Å². The smallest absolute Gasteiger partial charge is 0.0951 e. The molecule has 3 heteroatoms. The summed E-state index contributed by atoms with van der Waals surface area (Å²) in [6.07, 6.45) is 8.37. The molecule has 2 unspecified atom stereocenters. The monoisotopic (exact) mass is 269 g/mol. The summed E-state index contributed by atoms with van der Waals surface area (Å²) in [6, 6.07) is 8.65. The van der Waals surface area contributed by atoms with Crippen LogP contribution in [0.2, 0.25) is 0 Å². The Labute approximate surface area is 120 Å². The number of anilines is 2. The predicted molar refractivity (Wildman–Crippen MR) is 85.8 cm³/mol. The minimum Gasteiger partial charge on any atom is -0.397 e. The van der Waals surface area contributed by atoms with Gasteiger partial charge in [-0.25, -0.2) is 0 Å². The standard InChI is InChI=1S/C17H23N3/c1-12-4-2-5-13(9-8-12)20-16-10-11-19-17-14(16)6-3-7-15(17)18/h3,6-7,10-13H,2,4-5,8-9,18H2,1H3,(H,19,20). The first-order chi connectivity index (χ1) is 9.74. The van der Waals surface area contributed by atoms with Crippen LogP contribution in [0, 0.1) is 5.92 Å². The van der Waals surface area contributed by atoms with Gasteiger partial charge in [0.05, 0.1) is 11.2 Å². The molecule has 2 aromatic rings. The molecule has 2 atom stereocenters. The van der Waals surface area contributed by atoms with Crippen molar-refractivity contribution in [1.29, 1.82) is 0 Å². The molecule has 3 rings (SSSR count). The third kappa shape index (κ3) is 2.72. The van der Waals surface area contributed by atoms with Gasteiger partial charge in [0.1, 0.15) is 0 Å². The molecule has 1 saturated carbocycles. The van der Waals surface area contributed by atoms with E-state index in [9.17, 15) is 0 Å². The molecule has 0 aliphatic heterocycles. The molecule has 0 amide bonds. The fourth-order valence-corrected chi connectivity index (χ4v) is 3.18. The van der Waals surface area contributed by atoms with Crippen LogP contribution in [0.3, 0.4) is 0 Å². The van der Waals surface area contributed by atoms with Gasteiger partial charge in [-0.05, 0) is 37.3 Å². The number of para-hydroxylation sites is 1. The van der Waals surface area contributed by atoms with E-state index < -0.39 is 0 Å².